The van der Waals surface area contributed by atoms with Crippen LogP contribution in [0.5, 0.6) is 0 Å². The molecule has 1 aliphatic rings. The summed E-state index contributed by atoms with van der Waals surface area (Å²) in [6.07, 6.45) is 1.02. The number of rotatable bonds is 4. The number of carbonyl (C=O) groups is 1. The van der Waals surface area contributed by atoms with Crippen molar-refractivity contribution in [2.45, 2.75) is 39.2 Å². The highest BCUT2D eigenvalue weighted by Gasteiger charge is 2.23. The Morgan fingerprint density at radius 3 is 3.00 bits per heavy atom. The quantitative estimate of drug-likeness (QED) is 0.743. The van der Waals surface area contributed by atoms with Gasteiger partial charge in [0, 0.05) is 18.3 Å². The molecule has 0 spiro atoms. The van der Waals surface area contributed by atoms with Crippen LogP contribution in [0.15, 0.2) is 34.9 Å². The third-order valence-electron chi connectivity index (χ3n) is 5.16. The molecule has 1 amide bonds. The number of pyridine rings is 1. The van der Waals surface area contributed by atoms with Crippen molar-refractivity contribution < 1.29 is 9.32 Å². The van der Waals surface area contributed by atoms with Crippen molar-refractivity contribution in [3.8, 4) is 0 Å². The topological polar surface area (TPSA) is 80.0 Å². The summed E-state index contributed by atoms with van der Waals surface area (Å²) in [6, 6.07) is 10.4. The van der Waals surface area contributed by atoms with Crippen molar-refractivity contribution in [1.82, 2.24) is 20.8 Å². The molecule has 3 heterocycles. The molecule has 2 aromatic heterocycles. The van der Waals surface area contributed by atoms with Gasteiger partial charge in [-0.25, -0.2) is 4.98 Å². The number of hydrogen-bond acceptors (Lipinski definition) is 5. The molecule has 3 aromatic rings. The number of aryl methyl sites for hydroxylation is 1. The molecular weight excluding hydrogens is 340 g/mol. The maximum atomic E-state index is 13.0. The predicted octanol–water partition coefficient (Wildman–Crippen LogP) is 3.27. The van der Waals surface area contributed by atoms with Gasteiger partial charge in [0.05, 0.1) is 16.6 Å². The van der Waals surface area contributed by atoms with E-state index in [4.69, 9.17) is 4.52 Å². The minimum Gasteiger partial charge on any atom is -0.350 e. The zero-order chi connectivity index (χ0) is 19.0. The largest absolute Gasteiger partial charge is 0.350 e. The highest BCUT2D eigenvalue weighted by Crippen LogP contribution is 2.26. The molecule has 27 heavy (non-hydrogen) atoms. The fourth-order valence-electron chi connectivity index (χ4n) is 3.65. The number of hydrogen-bond donors (Lipinski definition) is 2. The van der Waals surface area contributed by atoms with Gasteiger partial charge in [0.2, 0.25) is 0 Å². The van der Waals surface area contributed by atoms with Crippen molar-refractivity contribution in [1.29, 1.82) is 0 Å². The number of benzene rings is 1. The first-order valence-electron chi connectivity index (χ1n) is 9.41. The molecule has 6 heteroatoms. The Balaban J connectivity index is 1.60. The highest BCUT2D eigenvalue weighted by molar-refractivity contribution is 6.06. The van der Waals surface area contributed by atoms with Gasteiger partial charge in [0.25, 0.3) is 11.6 Å². The second-order valence-electron chi connectivity index (χ2n) is 7.36. The van der Waals surface area contributed by atoms with Crippen LogP contribution < -0.4 is 10.6 Å². The SMILES string of the molecule is Cc1noc2nc(C(C)C)cc(C(=O)NCC3NCCc4ccccc43)c12. The van der Waals surface area contributed by atoms with E-state index in [1.54, 1.807) is 0 Å². The molecule has 1 atom stereocenters. The number of nitrogens with zero attached hydrogens (tertiary/aromatic N) is 2. The zero-order valence-electron chi connectivity index (χ0n) is 15.9. The van der Waals surface area contributed by atoms with Crippen molar-refractivity contribution in [3.63, 3.8) is 0 Å². The molecule has 0 saturated carbocycles. The Hall–Kier alpha value is -2.73. The van der Waals surface area contributed by atoms with Gasteiger partial charge in [0.15, 0.2) is 0 Å². The molecule has 140 valence electrons. The summed E-state index contributed by atoms with van der Waals surface area (Å²) >= 11 is 0. The molecule has 0 bridgehead atoms. The van der Waals surface area contributed by atoms with E-state index >= 15 is 0 Å². The van der Waals surface area contributed by atoms with Gasteiger partial charge >= 0.3 is 0 Å². The van der Waals surface area contributed by atoms with Crippen LogP contribution in [-0.2, 0) is 6.42 Å². The first-order valence-corrected chi connectivity index (χ1v) is 9.41. The van der Waals surface area contributed by atoms with Crippen LogP contribution in [0.2, 0.25) is 0 Å². The zero-order valence-corrected chi connectivity index (χ0v) is 15.9. The lowest BCUT2D eigenvalue weighted by atomic mass is 9.94. The van der Waals surface area contributed by atoms with Crippen LogP contribution in [0.3, 0.4) is 0 Å². The lowest BCUT2D eigenvalue weighted by Crippen LogP contribution is -2.39. The second-order valence-corrected chi connectivity index (χ2v) is 7.36. The number of carbonyl (C=O) groups excluding carboxylic acids is 1. The van der Waals surface area contributed by atoms with E-state index < -0.39 is 0 Å². The van der Waals surface area contributed by atoms with E-state index in [1.165, 1.54) is 11.1 Å². The van der Waals surface area contributed by atoms with Crippen LogP contribution in [0.25, 0.3) is 11.1 Å². The fraction of sp³-hybridized carbons (Fsp3) is 0.381. The summed E-state index contributed by atoms with van der Waals surface area (Å²) < 4.78 is 5.32. The van der Waals surface area contributed by atoms with Gasteiger partial charge in [-0.1, -0.05) is 43.3 Å². The second kappa shape index (κ2) is 7.12. The Morgan fingerprint density at radius 2 is 2.19 bits per heavy atom. The molecule has 6 nitrogen and oxygen atoms in total. The molecule has 4 rings (SSSR count). The summed E-state index contributed by atoms with van der Waals surface area (Å²) in [5.41, 5.74) is 5.10. The minimum atomic E-state index is -0.125. The normalized spacial score (nSPS) is 16.5. The molecule has 0 fully saturated rings. The molecule has 0 radical (unpaired) electrons. The summed E-state index contributed by atoms with van der Waals surface area (Å²) in [7, 11) is 0. The van der Waals surface area contributed by atoms with Gasteiger partial charge in [0.1, 0.15) is 0 Å². The third kappa shape index (κ3) is 3.32. The predicted molar refractivity (Wildman–Crippen MR) is 104 cm³/mol. The maximum absolute atomic E-state index is 13.0. The molecule has 1 aromatic carbocycles. The third-order valence-corrected chi connectivity index (χ3v) is 5.16. The van der Waals surface area contributed by atoms with E-state index in [-0.39, 0.29) is 17.9 Å². The molecule has 2 N–H and O–H groups in total. The van der Waals surface area contributed by atoms with Crippen LogP contribution >= 0.6 is 0 Å². The van der Waals surface area contributed by atoms with Crippen LogP contribution in [-0.4, -0.2) is 29.1 Å². The van der Waals surface area contributed by atoms with Gasteiger partial charge in [-0.15, -0.1) is 0 Å². The van der Waals surface area contributed by atoms with Gasteiger partial charge in [-0.2, -0.15) is 0 Å². The minimum absolute atomic E-state index is 0.115. The summed E-state index contributed by atoms with van der Waals surface area (Å²) in [5, 5.41) is 11.3. The fourth-order valence-corrected chi connectivity index (χ4v) is 3.65. The van der Waals surface area contributed by atoms with Crippen LogP contribution in [0.1, 0.15) is 58.7 Å². The maximum Gasteiger partial charge on any atom is 0.259 e. The van der Waals surface area contributed by atoms with Crippen molar-refractivity contribution in [2.75, 3.05) is 13.1 Å². The van der Waals surface area contributed by atoms with E-state index in [0.717, 1.165) is 18.7 Å². The Bertz CT molecular complexity index is 993. The van der Waals surface area contributed by atoms with Crippen molar-refractivity contribution in [2.24, 2.45) is 0 Å². The Kier molecular flexibility index (Phi) is 4.66. The standard InChI is InChI=1S/C21H24N4O2/c1-12(2)17-10-16(19-13(3)25-27-21(19)24-17)20(26)23-11-18-15-7-5-4-6-14(15)8-9-22-18/h4-7,10,12,18,22H,8-9,11H2,1-3H3,(H,23,26). The van der Waals surface area contributed by atoms with Gasteiger partial charge in [-0.05, 0) is 43.0 Å². The van der Waals surface area contributed by atoms with Crippen LogP contribution in [0.4, 0.5) is 0 Å². The Labute approximate surface area is 158 Å². The molecule has 0 saturated heterocycles. The number of nitrogens with one attached hydrogen (secondary N) is 2. The van der Waals surface area contributed by atoms with Crippen molar-refractivity contribution >= 4 is 17.0 Å². The Morgan fingerprint density at radius 1 is 1.37 bits per heavy atom. The number of amides is 1. The highest BCUT2D eigenvalue weighted by atomic mass is 16.5. The first kappa shape index (κ1) is 17.7. The van der Waals surface area contributed by atoms with Crippen LogP contribution in [0, 0.1) is 6.92 Å². The number of aromatic nitrogens is 2. The summed E-state index contributed by atoms with van der Waals surface area (Å²) in [4.78, 5) is 17.5. The van der Waals surface area contributed by atoms with E-state index in [2.05, 4.69) is 39.0 Å². The van der Waals surface area contributed by atoms with E-state index in [1.807, 2.05) is 32.9 Å². The van der Waals surface area contributed by atoms with E-state index in [0.29, 0.717) is 28.9 Å². The smallest absolute Gasteiger partial charge is 0.259 e. The lowest BCUT2D eigenvalue weighted by Gasteiger charge is -2.27. The van der Waals surface area contributed by atoms with Gasteiger partial charge in [-0.3, -0.25) is 4.79 Å². The average Bonchev–Trinajstić information content (AvgIpc) is 3.06. The molecule has 0 aliphatic carbocycles. The van der Waals surface area contributed by atoms with E-state index in [9.17, 15) is 4.79 Å². The molecule has 1 unspecified atom stereocenters. The first-order chi connectivity index (χ1) is 13.0. The summed E-state index contributed by atoms with van der Waals surface area (Å²) in [6.45, 7) is 7.36. The lowest BCUT2D eigenvalue weighted by molar-refractivity contribution is 0.0950. The summed E-state index contributed by atoms with van der Waals surface area (Å²) in [5.74, 6) is 0.0682. The van der Waals surface area contributed by atoms with Crippen molar-refractivity contribution in [3.05, 3.63) is 58.4 Å². The number of fused-ring (bicyclic) bond motifs is 2. The average molecular weight is 364 g/mol. The van der Waals surface area contributed by atoms with Gasteiger partial charge < -0.3 is 15.2 Å². The molecular formula is C21H24N4O2. The molecule has 1 aliphatic heterocycles. The monoisotopic (exact) mass is 364 g/mol.